The highest BCUT2D eigenvalue weighted by molar-refractivity contribution is 9.09. The lowest BCUT2D eigenvalue weighted by molar-refractivity contribution is -0.145. The Morgan fingerprint density at radius 3 is 2.71 bits per heavy atom. The van der Waals surface area contributed by atoms with Crippen molar-refractivity contribution in [2.24, 2.45) is 5.41 Å². The van der Waals surface area contributed by atoms with E-state index in [9.17, 15) is 4.79 Å². The van der Waals surface area contributed by atoms with Gasteiger partial charge in [-0.15, -0.1) is 11.6 Å². The Labute approximate surface area is 124 Å². The maximum Gasteiger partial charge on any atom is 0.303 e. The van der Waals surface area contributed by atoms with Crippen molar-refractivity contribution in [3.8, 4) is 0 Å². The zero-order valence-electron chi connectivity index (χ0n) is 10.2. The highest BCUT2D eigenvalue weighted by Crippen LogP contribution is 2.46. The second kappa shape index (κ2) is 6.07. The normalized spacial score (nSPS) is 34.7. The van der Waals surface area contributed by atoms with Gasteiger partial charge in [-0.2, -0.15) is 0 Å². The molecule has 5 heteroatoms. The largest absolute Gasteiger partial charge is 0.458 e. The minimum absolute atomic E-state index is 0.0633. The molecule has 3 atom stereocenters. The highest BCUT2D eigenvalue weighted by Gasteiger charge is 2.45. The van der Waals surface area contributed by atoms with E-state index in [4.69, 9.17) is 16.3 Å². The summed E-state index contributed by atoms with van der Waals surface area (Å²) < 4.78 is 5.35. The predicted molar refractivity (Wildman–Crippen MR) is 78.2 cm³/mol. The third-order valence-corrected chi connectivity index (χ3v) is 5.86. The minimum atomic E-state index is -0.265. The average molecular weight is 389 g/mol. The third-order valence-electron chi connectivity index (χ3n) is 3.17. The summed E-state index contributed by atoms with van der Waals surface area (Å²) >= 11 is 13.5. The van der Waals surface area contributed by atoms with Gasteiger partial charge in [-0.05, 0) is 11.0 Å². The van der Waals surface area contributed by atoms with Crippen LogP contribution in [0.2, 0.25) is 0 Å². The molecule has 1 rings (SSSR count). The van der Waals surface area contributed by atoms with Crippen LogP contribution in [0.1, 0.15) is 27.2 Å². The number of ether oxygens (including phenoxy) is 1. The zero-order chi connectivity index (χ0) is 13.2. The van der Waals surface area contributed by atoms with Crippen molar-refractivity contribution in [1.82, 2.24) is 0 Å². The van der Waals surface area contributed by atoms with Gasteiger partial charge in [-0.3, -0.25) is 4.79 Å². The second-order valence-corrected chi connectivity index (χ2v) is 7.03. The molecular formula is C12H17Br2ClO2. The molecule has 0 spiro atoms. The van der Waals surface area contributed by atoms with Gasteiger partial charge < -0.3 is 4.74 Å². The van der Waals surface area contributed by atoms with Gasteiger partial charge in [-0.1, -0.05) is 51.8 Å². The van der Waals surface area contributed by atoms with Crippen LogP contribution in [-0.2, 0) is 9.53 Å². The van der Waals surface area contributed by atoms with E-state index >= 15 is 0 Å². The average Bonchev–Trinajstić information content (AvgIpc) is 2.21. The summed E-state index contributed by atoms with van der Waals surface area (Å²) in [5.41, 5.74) is 0.936. The van der Waals surface area contributed by atoms with Crippen molar-refractivity contribution in [3.63, 3.8) is 0 Å². The summed E-state index contributed by atoms with van der Waals surface area (Å²) in [4.78, 5) is 11.3. The summed E-state index contributed by atoms with van der Waals surface area (Å²) in [6, 6.07) is 0. The first-order valence-electron chi connectivity index (χ1n) is 5.52. The van der Waals surface area contributed by atoms with E-state index in [2.05, 4.69) is 45.7 Å². The van der Waals surface area contributed by atoms with Gasteiger partial charge in [0.2, 0.25) is 0 Å². The maximum absolute atomic E-state index is 11.1. The molecule has 98 valence electrons. The molecule has 1 aliphatic carbocycles. The summed E-state index contributed by atoms with van der Waals surface area (Å²) in [5.74, 6) is -0.265. The van der Waals surface area contributed by atoms with E-state index in [1.165, 1.54) is 6.92 Å². The Morgan fingerprint density at radius 2 is 2.24 bits per heavy atom. The molecule has 0 aliphatic heterocycles. The van der Waals surface area contributed by atoms with E-state index in [-0.39, 0.29) is 27.7 Å². The molecule has 0 amide bonds. The number of allylic oxidation sites excluding steroid dienone is 1. The van der Waals surface area contributed by atoms with Crippen LogP contribution in [0.15, 0.2) is 11.6 Å². The van der Waals surface area contributed by atoms with E-state index in [0.717, 1.165) is 12.0 Å². The standard InChI is InChI=1S/C12H17Br2ClO2/c1-7(16)17-9-6-10(14)12(2,3)11(15)8(9)4-5-13/h4,9-11H,5-6H2,1-3H3. The first-order valence-corrected chi connectivity index (χ1v) is 7.99. The van der Waals surface area contributed by atoms with Crippen LogP contribution < -0.4 is 0 Å². The van der Waals surface area contributed by atoms with Gasteiger partial charge in [0.05, 0.1) is 5.38 Å². The lowest BCUT2D eigenvalue weighted by atomic mass is 9.73. The van der Waals surface area contributed by atoms with Crippen LogP contribution in [0.5, 0.6) is 0 Å². The van der Waals surface area contributed by atoms with Gasteiger partial charge in [0.15, 0.2) is 0 Å². The molecule has 0 N–H and O–H groups in total. The molecule has 1 aliphatic rings. The molecule has 0 radical (unpaired) electrons. The van der Waals surface area contributed by atoms with Crippen molar-refractivity contribution >= 4 is 49.4 Å². The van der Waals surface area contributed by atoms with Crippen molar-refractivity contribution in [2.75, 3.05) is 5.33 Å². The lowest BCUT2D eigenvalue weighted by Gasteiger charge is -2.44. The molecule has 0 heterocycles. The molecule has 0 bridgehead atoms. The number of rotatable bonds is 2. The first-order chi connectivity index (χ1) is 7.80. The number of hydrogen-bond acceptors (Lipinski definition) is 2. The van der Waals surface area contributed by atoms with Crippen molar-refractivity contribution in [3.05, 3.63) is 11.6 Å². The molecule has 1 fully saturated rings. The molecule has 0 aromatic heterocycles. The Morgan fingerprint density at radius 1 is 1.65 bits per heavy atom. The molecule has 0 saturated heterocycles. The number of esters is 1. The Hall–Kier alpha value is 0.460. The van der Waals surface area contributed by atoms with E-state index < -0.39 is 0 Å². The monoisotopic (exact) mass is 386 g/mol. The molecule has 17 heavy (non-hydrogen) atoms. The van der Waals surface area contributed by atoms with Crippen LogP contribution >= 0.6 is 43.5 Å². The van der Waals surface area contributed by atoms with Crippen LogP contribution in [0.4, 0.5) is 0 Å². The van der Waals surface area contributed by atoms with Gasteiger partial charge in [0.25, 0.3) is 0 Å². The zero-order valence-corrected chi connectivity index (χ0v) is 14.1. The van der Waals surface area contributed by atoms with Crippen molar-refractivity contribution < 1.29 is 9.53 Å². The molecule has 0 aromatic rings. The summed E-state index contributed by atoms with van der Waals surface area (Å²) in [5, 5.41) is 0.578. The maximum atomic E-state index is 11.1. The second-order valence-electron chi connectivity index (χ2n) is 4.84. The van der Waals surface area contributed by atoms with E-state index in [0.29, 0.717) is 5.33 Å². The smallest absolute Gasteiger partial charge is 0.303 e. The molecule has 0 aromatic carbocycles. The Balaban J connectivity index is 3.00. The third kappa shape index (κ3) is 3.48. The molecule has 1 saturated carbocycles. The minimum Gasteiger partial charge on any atom is -0.458 e. The van der Waals surface area contributed by atoms with Gasteiger partial charge in [0, 0.05) is 23.5 Å². The van der Waals surface area contributed by atoms with Gasteiger partial charge in [0.1, 0.15) is 6.10 Å². The highest BCUT2D eigenvalue weighted by atomic mass is 79.9. The summed E-state index contributed by atoms with van der Waals surface area (Å²) in [6.45, 7) is 5.67. The van der Waals surface area contributed by atoms with Gasteiger partial charge >= 0.3 is 5.97 Å². The van der Waals surface area contributed by atoms with E-state index in [1.807, 2.05) is 6.08 Å². The van der Waals surface area contributed by atoms with Crippen LogP contribution in [0.25, 0.3) is 0 Å². The predicted octanol–water partition coefficient (Wildman–Crippen LogP) is 4.04. The Kier molecular flexibility index (Phi) is 5.54. The lowest BCUT2D eigenvalue weighted by Crippen LogP contribution is -2.46. The topological polar surface area (TPSA) is 26.3 Å². The van der Waals surface area contributed by atoms with Crippen molar-refractivity contribution in [2.45, 2.75) is 43.5 Å². The van der Waals surface area contributed by atoms with Crippen LogP contribution in [-0.4, -0.2) is 27.6 Å². The van der Waals surface area contributed by atoms with E-state index in [1.54, 1.807) is 0 Å². The molecule has 3 unspecified atom stereocenters. The molecular weight excluding hydrogens is 371 g/mol. The quantitative estimate of drug-likeness (QED) is 0.405. The number of hydrogen-bond donors (Lipinski definition) is 0. The fourth-order valence-corrected chi connectivity index (χ4v) is 3.53. The van der Waals surface area contributed by atoms with Gasteiger partial charge in [-0.25, -0.2) is 0 Å². The van der Waals surface area contributed by atoms with Crippen LogP contribution in [0.3, 0.4) is 0 Å². The number of carbonyl (C=O) groups excluding carboxylic acids is 1. The first kappa shape index (κ1) is 15.5. The summed E-state index contributed by atoms with van der Waals surface area (Å²) in [6.07, 6.45) is 2.55. The fourth-order valence-electron chi connectivity index (χ4n) is 2.02. The SMILES string of the molecule is CC(=O)OC1CC(Br)C(C)(C)C(Cl)C1=CCBr. The number of halogens is 3. The number of alkyl halides is 3. The van der Waals surface area contributed by atoms with Crippen LogP contribution in [0, 0.1) is 5.41 Å². The Bertz CT molecular complexity index is 328. The summed E-state index contributed by atoms with van der Waals surface area (Å²) in [7, 11) is 0. The fraction of sp³-hybridized carbons (Fsp3) is 0.750. The molecule has 2 nitrogen and oxygen atoms in total. The van der Waals surface area contributed by atoms with Crippen molar-refractivity contribution in [1.29, 1.82) is 0 Å². The number of carbonyl (C=O) groups is 1.